The summed E-state index contributed by atoms with van der Waals surface area (Å²) in [7, 11) is 1.50. The molecule has 0 bridgehead atoms. The fourth-order valence-corrected chi connectivity index (χ4v) is 4.75. The number of benzene rings is 3. The van der Waals surface area contributed by atoms with Gasteiger partial charge in [-0.2, -0.15) is 0 Å². The van der Waals surface area contributed by atoms with E-state index < -0.39 is 28.7 Å². The first-order chi connectivity index (χ1) is 17.6. The highest BCUT2D eigenvalue weighted by Crippen LogP contribution is 2.43. The van der Waals surface area contributed by atoms with E-state index in [1.807, 2.05) is 0 Å². The lowest BCUT2D eigenvalue weighted by molar-refractivity contribution is 0.414. The molecule has 0 saturated heterocycles. The molecule has 3 aromatic carbocycles. The van der Waals surface area contributed by atoms with Crippen LogP contribution in [0.1, 0.15) is 33.7 Å². The van der Waals surface area contributed by atoms with Crippen LogP contribution in [0.5, 0.6) is 17.2 Å². The summed E-state index contributed by atoms with van der Waals surface area (Å²) in [4.78, 5) is 26.7. The number of methoxy groups -OCH3 is 1. The Hall–Kier alpha value is -3.94. The quantitative estimate of drug-likeness (QED) is 0.254. The highest BCUT2D eigenvalue weighted by atomic mass is 35.5. The number of rotatable bonds is 4. The molecule has 0 aliphatic rings. The van der Waals surface area contributed by atoms with E-state index in [0.29, 0.717) is 32.5 Å². The lowest BCUT2D eigenvalue weighted by Gasteiger charge is -2.20. The van der Waals surface area contributed by atoms with E-state index in [-0.39, 0.29) is 33.1 Å². The van der Waals surface area contributed by atoms with Gasteiger partial charge >= 0.3 is 11.3 Å². The maximum atomic E-state index is 13.3. The van der Waals surface area contributed by atoms with E-state index in [9.17, 15) is 19.8 Å². The number of halogens is 2. The number of aromatic hydroxyl groups is 2. The molecule has 0 saturated carbocycles. The second-order valence-electron chi connectivity index (χ2n) is 8.70. The molecule has 188 valence electrons. The maximum absolute atomic E-state index is 13.3. The molecule has 0 aliphatic carbocycles. The van der Waals surface area contributed by atoms with Crippen LogP contribution < -0.4 is 16.0 Å². The topological polar surface area (TPSA) is 110 Å². The Balaban J connectivity index is 1.90. The van der Waals surface area contributed by atoms with Gasteiger partial charge in [0.25, 0.3) is 0 Å². The Labute approximate surface area is 220 Å². The van der Waals surface area contributed by atoms with Gasteiger partial charge in [-0.15, -0.1) is 0 Å². The van der Waals surface area contributed by atoms with Crippen LogP contribution in [0.4, 0.5) is 0 Å². The van der Waals surface area contributed by atoms with Crippen molar-refractivity contribution in [3.05, 3.63) is 107 Å². The molecule has 37 heavy (non-hydrogen) atoms. The molecule has 0 fully saturated rings. The molecular formula is C28H20Cl2O7. The number of ether oxygens (including phenoxy) is 1. The molecule has 0 amide bonds. The predicted octanol–water partition coefficient (Wildman–Crippen LogP) is 6.42. The molecule has 2 heterocycles. The summed E-state index contributed by atoms with van der Waals surface area (Å²) in [5, 5.41) is 23.7. The summed E-state index contributed by atoms with van der Waals surface area (Å²) in [5.41, 5.74) is -0.386. The summed E-state index contributed by atoms with van der Waals surface area (Å²) < 4.78 is 16.3. The molecule has 9 heteroatoms. The van der Waals surface area contributed by atoms with E-state index >= 15 is 0 Å². The molecule has 2 N–H and O–H groups in total. The Morgan fingerprint density at radius 1 is 0.757 bits per heavy atom. The van der Waals surface area contributed by atoms with Gasteiger partial charge in [0.1, 0.15) is 28.4 Å². The number of fused-ring (bicyclic) bond motifs is 2. The average molecular weight is 539 g/mol. The zero-order valence-electron chi connectivity index (χ0n) is 19.9. The Morgan fingerprint density at radius 2 is 1.19 bits per heavy atom. The highest BCUT2D eigenvalue weighted by molar-refractivity contribution is 6.32. The van der Waals surface area contributed by atoms with Gasteiger partial charge in [0.15, 0.2) is 0 Å². The lowest BCUT2D eigenvalue weighted by atomic mass is 9.84. The van der Waals surface area contributed by atoms with Crippen LogP contribution in [0.25, 0.3) is 21.9 Å². The monoisotopic (exact) mass is 538 g/mol. The van der Waals surface area contributed by atoms with Crippen molar-refractivity contribution in [2.45, 2.75) is 19.8 Å². The molecule has 7 nitrogen and oxygen atoms in total. The third-order valence-corrected chi connectivity index (χ3v) is 7.23. The summed E-state index contributed by atoms with van der Waals surface area (Å²) in [5.74, 6) is -1.62. The zero-order chi connectivity index (χ0) is 26.6. The van der Waals surface area contributed by atoms with E-state index in [2.05, 4.69) is 0 Å². The van der Waals surface area contributed by atoms with Crippen LogP contribution in [0.3, 0.4) is 0 Å². The Kier molecular flexibility index (Phi) is 6.14. The third-order valence-electron chi connectivity index (χ3n) is 6.41. The third kappa shape index (κ3) is 4.10. The lowest BCUT2D eigenvalue weighted by Crippen LogP contribution is -2.21. The van der Waals surface area contributed by atoms with E-state index in [4.69, 9.17) is 36.8 Å². The van der Waals surface area contributed by atoms with Crippen molar-refractivity contribution in [3.8, 4) is 17.2 Å². The summed E-state index contributed by atoms with van der Waals surface area (Å²) in [6, 6.07) is 12.5. The number of hydrogen-bond acceptors (Lipinski definition) is 7. The molecule has 2 aromatic heterocycles. The van der Waals surface area contributed by atoms with Crippen LogP contribution in [-0.4, -0.2) is 17.3 Å². The Morgan fingerprint density at radius 3 is 1.59 bits per heavy atom. The van der Waals surface area contributed by atoms with Crippen LogP contribution in [0, 0.1) is 13.8 Å². The van der Waals surface area contributed by atoms with Crippen molar-refractivity contribution in [2.24, 2.45) is 0 Å². The number of hydrogen-bond donors (Lipinski definition) is 2. The maximum Gasteiger partial charge on any atom is 0.344 e. The van der Waals surface area contributed by atoms with Crippen molar-refractivity contribution >= 4 is 45.1 Å². The van der Waals surface area contributed by atoms with Crippen molar-refractivity contribution in [1.29, 1.82) is 0 Å². The Bertz CT molecular complexity index is 1710. The van der Waals surface area contributed by atoms with Gasteiger partial charge in [-0.25, -0.2) is 9.59 Å². The number of aryl methyl sites for hydroxylation is 2. The van der Waals surface area contributed by atoms with Gasteiger partial charge in [0.05, 0.1) is 34.9 Å². The second-order valence-corrected chi connectivity index (χ2v) is 9.52. The van der Waals surface area contributed by atoms with E-state index in [1.165, 1.54) is 31.4 Å². The summed E-state index contributed by atoms with van der Waals surface area (Å²) >= 11 is 12.6. The SMILES string of the molecule is COc1ccc(C(c2c(O)c3cc(Cl)c(C)cc3oc2=O)c2c(O)c3cc(Cl)c(C)cc3oc2=O)cc1. The molecule has 5 rings (SSSR count). The molecule has 0 aliphatic heterocycles. The largest absolute Gasteiger partial charge is 0.507 e. The molecule has 0 spiro atoms. The normalized spacial score (nSPS) is 11.5. The molecular weight excluding hydrogens is 519 g/mol. The smallest absolute Gasteiger partial charge is 0.344 e. The molecule has 5 aromatic rings. The second kappa shape index (κ2) is 9.18. The fourth-order valence-electron chi connectivity index (χ4n) is 4.43. The first-order valence-electron chi connectivity index (χ1n) is 11.2. The van der Waals surface area contributed by atoms with Gasteiger partial charge in [0.2, 0.25) is 0 Å². The van der Waals surface area contributed by atoms with Crippen molar-refractivity contribution in [3.63, 3.8) is 0 Å². The fraction of sp³-hybridized carbons (Fsp3) is 0.143. The predicted molar refractivity (Wildman–Crippen MR) is 142 cm³/mol. The van der Waals surface area contributed by atoms with Crippen LogP contribution in [-0.2, 0) is 0 Å². The first-order valence-corrected chi connectivity index (χ1v) is 11.9. The van der Waals surface area contributed by atoms with Crippen LogP contribution in [0.2, 0.25) is 10.0 Å². The standard InChI is InChI=1S/C28H20Cl2O7/c1-12-8-20-16(10-18(12)29)25(31)23(27(33)36-20)22(14-4-6-15(35-3)7-5-14)24-26(32)17-11-19(30)13(2)9-21(17)37-28(24)34/h4-11,22,31-32H,1-3H3. The minimum Gasteiger partial charge on any atom is -0.507 e. The van der Waals surface area contributed by atoms with E-state index in [1.54, 1.807) is 38.1 Å². The zero-order valence-corrected chi connectivity index (χ0v) is 21.4. The van der Waals surface area contributed by atoms with Gasteiger partial charge in [0, 0.05) is 10.0 Å². The molecule has 0 unspecified atom stereocenters. The minimum atomic E-state index is -1.27. The van der Waals surface area contributed by atoms with Gasteiger partial charge in [-0.05, 0) is 66.9 Å². The summed E-state index contributed by atoms with van der Waals surface area (Å²) in [6.07, 6.45) is 0. The van der Waals surface area contributed by atoms with Crippen LogP contribution in [0.15, 0.2) is 67.0 Å². The highest BCUT2D eigenvalue weighted by Gasteiger charge is 2.33. The minimum absolute atomic E-state index is 0.124. The molecule has 0 atom stereocenters. The van der Waals surface area contributed by atoms with Crippen molar-refractivity contribution < 1.29 is 23.8 Å². The average Bonchev–Trinajstić information content (AvgIpc) is 2.86. The van der Waals surface area contributed by atoms with Crippen molar-refractivity contribution in [2.75, 3.05) is 7.11 Å². The van der Waals surface area contributed by atoms with Crippen LogP contribution >= 0.6 is 23.2 Å². The van der Waals surface area contributed by atoms with Crippen molar-refractivity contribution in [1.82, 2.24) is 0 Å². The van der Waals surface area contributed by atoms with Gasteiger partial charge in [-0.3, -0.25) is 0 Å². The molecule has 0 radical (unpaired) electrons. The van der Waals surface area contributed by atoms with E-state index in [0.717, 1.165) is 0 Å². The first kappa shape index (κ1) is 24.7. The summed E-state index contributed by atoms with van der Waals surface area (Å²) in [6.45, 7) is 3.47. The van der Waals surface area contributed by atoms with Gasteiger partial charge < -0.3 is 23.8 Å². The van der Waals surface area contributed by atoms with Gasteiger partial charge in [-0.1, -0.05) is 35.3 Å².